The van der Waals surface area contributed by atoms with E-state index in [9.17, 15) is 13.2 Å². The first-order chi connectivity index (χ1) is 9.81. The zero-order valence-electron chi connectivity index (χ0n) is 12.1. The molecule has 0 radical (unpaired) electrons. The number of benzene rings is 1. The minimum atomic E-state index is -4.39. The van der Waals surface area contributed by atoms with Gasteiger partial charge in [0.1, 0.15) is 5.75 Å². The summed E-state index contributed by atoms with van der Waals surface area (Å²) in [6.45, 7) is 3.54. The summed E-state index contributed by atoms with van der Waals surface area (Å²) in [7, 11) is 0. The van der Waals surface area contributed by atoms with Crippen LogP contribution >= 0.6 is 0 Å². The summed E-state index contributed by atoms with van der Waals surface area (Å²) < 4.78 is 41.8. The molecule has 0 spiro atoms. The van der Waals surface area contributed by atoms with Crippen LogP contribution < -0.4 is 15.4 Å². The van der Waals surface area contributed by atoms with Gasteiger partial charge in [-0.25, -0.2) is 0 Å². The number of hydrogen-bond acceptors (Lipinski definition) is 4. The van der Waals surface area contributed by atoms with E-state index < -0.39 is 12.8 Å². The van der Waals surface area contributed by atoms with Gasteiger partial charge in [-0.05, 0) is 18.1 Å². The third-order valence-corrected chi connectivity index (χ3v) is 2.51. The van der Waals surface area contributed by atoms with Crippen molar-refractivity contribution in [2.45, 2.75) is 20.0 Å². The number of hydrogen-bond donors (Lipinski definition) is 3. The number of halogens is 3. The van der Waals surface area contributed by atoms with Crippen LogP contribution in [0.15, 0.2) is 18.2 Å². The Morgan fingerprint density at radius 1 is 1.24 bits per heavy atom. The number of nitrogens with one attached hydrogen (secondary N) is 2. The molecule has 0 fully saturated rings. The quantitative estimate of drug-likeness (QED) is 0.691. The summed E-state index contributed by atoms with van der Waals surface area (Å²) in [6.07, 6.45) is -4.39. The van der Waals surface area contributed by atoms with E-state index in [0.29, 0.717) is 30.4 Å². The first kappa shape index (κ1) is 17.4. The molecule has 1 aromatic rings. The Morgan fingerprint density at radius 2 is 1.95 bits per heavy atom. The minimum absolute atomic E-state index is 0.0634. The summed E-state index contributed by atoms with van der Waals surface area (Å²) in [4.78, 5) is 0. The molecule has 0 unspecified atom stereocenters. The van der Waals surface area contributed by atoms with Crippen molar-refractivity contribution in [3.63, 3.8) is 0 Å². The highest BCUT2D eigenvalue weighted by Gasteiger charge is 2.28. The van der Waals surface area contributed by atoms with Crippen molar-refractivity contribution in [1.82, 2.24) is 0 Å². The van der Waals surface area contributed by atoms with Gasteiger partial charge in [-0.1, -0.05) is 13.8 Å². The normalized spacial score (nSPS) is 11.6. The number of ether oxygens (including phenoxy) is 1. The standard InChI is InChI=1S/C14H21F3N2O2/c1-10(2)8-19-12-4-3-11(18-5-6-20)7-13(12)21-9-14(15,16)17/h3-4,7,10,18-20H,5-6,8-9H2,1-2H3. The highest BCUT2D eigenvalue weighted by atomic mass is 19.4. The first-order valence-electron chi connectivity index (χ1n) is 6.74. The van der Waals surface area contributed by atoms with Crippen LogP contribution in [-0.4, -0.2) is 37.6 Å². The predicted octanol–water partition coefficient (Wildman–Crippen LogP) is 3.10. The van der Waals surface area contributed by atoms with Crippen LogP contribution in [0.1, 0.15) is 13.8 Å². The van der Waals surface area contributed by atoms with Crippen molar-refractivity contribution in [2.75, 3.05) is 36.9 Å². The molecule has 0 bridgehead atoms. The molecule has 0 aliphatic rings. The first-order valence-corrected chi connectivity index (χ1v) is 6.74. The van der Waals surface area contributed by atoms with Crippen LogP contribution in [0.5, 0.6) is 5.75 Å². The minimum Gasteiger partial charge on any atom is -0.482 e. The highest BCUT2D eigenvalue weighted by molar-refractivity contribution is 5.63. The van der Waals surface area contributed by atoms with Gasteiger partial charge in [0, 0.05) is 24.8 Å². The molecule has 0 saturated heterocycles. The zero-order chi connectivity index (χ0) is 15.9. The van der Waals surface area contributed by atoms with Crippen LogP contribution in [0.25, 0.3) is 0 Å². The average Bonchev–Trinajstić information content (AvgIpc) is 2.40. The molecule has 120 valence electrons. The molecule has 0 aliphatic carbocycles. The van der Waals surface area contributed by atoms with E-state index >= 15 is 0 Å². The molecule has 0 aromatic heterocycles. The summed E-state index contributed by atoms with van der Waals surface area (Å²) in [5.41, 5.74) is 1.11. The maximum absolute atomic E-state index is 12.3. The Labute approximate surface area is 122 Å². The Hall–Kier alpha value is -1.63. The lowest BCUT2D eigenvalue weighted by Gasteiger charge is -2.17. The van der Waals surface area contributed by atoms with Crippen molar-refractivity contribution in [2.24, 2.45) is 5.92 Å². The van der Waals surface area contributed by atoms with Gasteiger partial charge in [0.05, 0.1) is 12.3 Å². The van der Waals surface area contributed by atoms with Gasteiger partial charge in [0.25, 0.3) is 0 Å². The Balaban J connectivity index is 2.83. The second-order valence-corrected chi connectivity index (χ2v) is 5.04. The maximum atomic E-state index is 12.3. The molecule has 1 aromatic carbocycles. The van der Waals surface area contributed by atoms with E-state index in [1.54, 1.807) is 12.1 Å². The van der Waals surface area contributed by atoms with Crippen molar-refractivity contribution < 1.29 is 23.0 Å². The Kier molecular flexibility index (Phi) is 6.61. The fraction of sp³-hybridized carbons (Fsp3) is 0.571. The molecule has 3 N–H and O–H groups in total. The number of aliphatic hydroxyl groups excluding tert-OH is 1. The molecule has 0 atom stereocenters. The lowest BCUT2D eigenvalue weighted by atomic mass is 10.2. The van der Waals surface area contributed by atoms with E-state index in [0.717, 1.165) is 0 Å². The number of anilines is 2. The number of rotatable bonds is 8. The summed E-state index contributed by atoms with van der Waals surface area (Å²) >= 11 is 0. The summed E-state index contributed by atoms with van der Waals surface area (Å²) in [5, 5.41) is 14.7. The van der Waals surface area contributed by atoms with E-state index in [2.05, 4.69) is 10.6 Å². The van der Waals surface area contributed by atoms with Gasteiger partial charge in [-0.15, -0.1) is 0 Å². The Bertz CT molecular complexity index is 437. The molecule has 1 rings (SSSR count). The maximum Gasteiger partial charge on any atom is 0.422 e. The lowest BCUT2D eigenvalue weighted by Crippen LogP contribution is -2.20. The van der Waals surface area contributed by atoms with Gasteiger partial charge < -0.3 is 20.5 Å². The van der Waals surface area contributed by atoms with Gasteiger partial charge in [0.2, 0.25) is 0 Å². The van der Waals surface area contributed by atoms with Crippen LogP contribution in [0.2, 0.25) is 0 Å². The molecule has 0 saturated carbocycles. The summed E-state index contributed by atoms with van der Waals surface area (Å²) in [5.74, 6) is 0.489. The largest absolute Gasteiger partial charge is 0.482 e. The number of alkyl halides is 3. The fourth-order valence-corrected chi connectivity index (χ4v) is 1.57. The second kappa shape index (κ2) is 7.97. The molecular formula is C14H21F3N2O2. The van der Waals surface area contributed by atoms with E-state index in [-0.39, 0.29) is 12.4 Å². The van der Waals surface area contributed by atoms with Crippen molar-refractivity contribution in [3.8, 4) is 5.75 Å². The van der Waals surface area contributed by atoms with Gasteiger partial charge >= 0.3 is 6.18 Å². The van der Waals surface area contributed by atoms with Crippen LogP contribution in [0, 0.1) is 5.92 Å². The predicted molar refractivity (Wildman–Crippen MR) is 76.9 cm³/mol. The topological polar surface area (TPSA) is 53.5 Å². The molecule has 21 heavy (non-hydrogen) atoms. The molecular weight excluding hydrogens is 285 g/mol. The Morgan fingerprint density at radius 3 is 2.52 bits per heavy atom. The third kappa shape index (κ3) is 7.08. The fourth-order valence-electron chi connectivity index (χ4n) is 1.57. The van der Waals surface area contributed by atoms with Gasteiger partial charge in [-0.2, -0.15) is 13.2 Å². The molecule has 4 nitrogen and oxygen atoms in total. The number of aliphatic hydroxyl groups is 1. The summed E-state index contributed by atoms with van der Waals surface area (Å²) in [6, 6.07) is 4.87. The van der Waals surface area contributed by atoms with E-state index in [4.69, 9.17) is 9.84 Å². The van der Waals surface area contributed by atoms with Crippen LogP contribution in [0.3, 0.4) is 0 Å². The average molecular weight is 306 g/mol. The molecule has 7 heteroatoms. The van der Waals surface area contributed by atoms with Crippen molar-refractivity contribution >= 4 is 11.4 Å². The second-order valence-electron chi connectivity index (χ2n) is 5.04. The lowest BCUT2D eigenvalue weighted by molar-refractivity contribution is -0.153. The molecule has 0 heterocycles. The third-order valence-electron chi connectivity index (χ3n) is 2.51. The van der Waals surface area contributed by atoms with Crippen LogP contribution in [0.4, 0.5) is 24.5 Å². The molecule has 0 aliphatic heterocycles. The SMILES string of the molecule is CC(C)CNc1ccc(NCCO)cc1OCC(F)(F)F. The smallest absolute Gasteiger partial charge is 0.422 e. The van der Waals surface area contributed by atoms with Gasteiger partial charge in [-0.3, -0.25) is 0 Å². The van der Waals surface area contributed by atoms with E-state index in [1.165, 1.54) is 6.07 Å². The van der Waals surface area contributed by atoms with Crippen molar-refractivity contribution in [1.29, 1.82) is 0 Å². The van der Waals surface area contributed by atoms with Gasteiger partial charge in [0.15, 0.2) is 6.61 Å². The van der Waals surface area contributed by atoms with Crippen LogP contribution in [-0.2, 0) is 0 Å². The van der Waals surface area contributed by atoms with E-state index in [1.807, 2.05) is 13.8 Å². The highest BCUT2D eigenvalue weighted by Crippen LogP contribution is 2.30. The molecule has 0 amide bonds. The van der Waals surface area contributed by atoms with Crippen molar-refractivity contribution in [3.05, 3.63) is 18.2 Å². The monoisotopic (exact) mass is 306 g/mol. The zero-order valence-corrected chi connectivity index (χ0v) is 12.1.